The average molecular weight is 266 g/mol. The van der Waals surface area contributed by atoms with Crippen molar-refractivity contribution in [3.05, 3.63) is 10.4 Å². The molecule has 1 rings (SSSR count). The van der Waals surface area contributed by atoms with Gasteiger partial charge in [-0.15, -0.1) is 11.3 Å². The van der Waals surface area contributed by atoms with Gasteiger partial charge in [0.15, 0.2) is 0 Å². The maximum atomic E-state index is 11.0. The van der Waals surface area contributed by atoms with Gasteiger partial charge >= 0.3 is 7.32 Å². The summed E-state index contributed by atoms with van der Waals surface area (Å²) in [5.41, 5.74) is 5.61. The standard InChI is InChI=1S/C6H11BN2O5S2/c1-16(12,13)3-4(8)6-9-5(2-15-6)14-7(10)11/h2,4,10-11H,3,8H2,1H3. The van der Waals surface area contributed by atoms with Crippen LogP contribution in [0.25, 0.3) is 0 Å². The van der Waals surface area contributed by atoms with E-state index in [1.165, 1.54) is 5.38 Å². The Hall–Kier alpha value is -0.675. The van der Waals surface area contributed by atoms with Crippen molar-refractivity contribution >= 4 is 28.5 Å². The highest BCUT2D eigenvalue weighted by atomic mass is 32.2. The molecular formula is C6H11BN2O5S2. The molecule has 1 aromatic heterocycles. The van der Waals surface area contributed by atoms with Crippen molar-refractivity contribution in [1.82, 2.24) is 4.98 Å². The lowest BCUT2D eigenvalue weighted by Crippen LogP contribution is -2.22. The number of rotatable bonds is 5. The molecule has 90 valence electrons. The number of aromatic nitrogens is 1. The van der Waals surface area contributed by atoms with Gasteiger partial charge in [0, 0.05) is 6.26 Å². The van der Waals surface area contributed by atoms with Crippen molar-refractivity contribution in [2.45, 2.75) is 6.04 Å². The largest absolute Gasteiger partial charge is 0.708 e. The van der Waals surface area contributed by atoms with Gasteiger partial charge < -0.3 is 20.4 Å². The minimum absolute atomic E-state index is 0.000971. The van der Waals surface area contributed by atoms with Gasteiger partial charge in [0.05, 0.1) is 17.2 Å². The Kier molecular flexibility index (Phi) is 4.27. The number of hydrogen-bond acceptors (Lipinski definition) is 8. The fourth-order valence-corrected chi connectivity index (χ4v) is 2.65. The Balaban J connectivity index is 2.70. The summed E-state index contributed by atoms with van der Waals surface area (Å²) in [5.74, 6) is -0.222. The first kappa shape index (κ1) is 13.4. The maximum absolute atomic E-state index is 11.0. The van der Waals surface area contributed by atoms with E-state index >= 15 is 0 Å². The molecule has 16 heavy (non-hydrogen) atoms. The van der Waals surface area contributed by atoms with E-state index in [1.807, 2.05) is 0 Å². The number of nitrogens with two attached hydrogens (primary N) is 1. The quantitative estimate of drug-likeness (QED) is 0.556. The van der Waals surface area contributed by atoms with E-state index in [0.717, 1.165) is 17.6 Å². The predicted molar refractivity (Wildman–Crippen MR) is 59.6 cm³/mol. The lowest BCUT2D eigenvalue weighted by atomic mass is 10.3. The fraction of sp³-hybridized carbons (Fsp3) is 0.500. The molecular weight excluding hydrogens is 255 g/mol. The van der Waals surface area contributed by atoms with E-state index in [-0.39, 0.29) is 11.6 Å². The van der Waals surface area contributed by atoms with Crippen LogP contribution in [-0.4, -0.2) is 42.8 Å². The SMILES string of the molecule is CS(=O)(=O)CC(N)c1nc(OB(O)O)cs1. The Labute approximate surface area is 97.0 Å². The van der Waals surface area contributed by atoms with Crippen LogP contribution >= 0.6 is 11.3 Å². The summed E-state index contributed by atoms with van der Waals surface area (Å²) in [6, 6.07) is -0.742. The van der Waals surface area contributed by atoms with E-state index in [1.54, 1.807) is 0 Å². The lowest BCUT2D eigenvalue weighted by molar-refractivity contribution is 0.284. The third-order valence-corrected chi connectivity index (χ3v) is 3.45. The van der Waals surface area contributed by atoms with E-state index < -0.39 is 23.2 Å². The minimum Gasteiger partial charge on any atom is -0.497 e. The van der Waals surface area contributed by atoms with E-state index in [2.05, 4.69) is 9.64 Å². The van der Waals surface area contributed by atoms with Gasteiger partial charge in [0.1, 0.15) is 14.8 Å². The fourth-order valence-electron chi connectivity index (χ4n) is 1.00. The molecule has 1 unspecified atom stereocenters. The molecule has 0 aromatic carbocycles. The van der Waals surface area contributed by atoms with Gasteiger partial charge in [-0.3, -0.25) is 0 Å². The third-order valence-electron chi connectivity index (χ3n) is 1.53. The molecule has 0 aliphatic carbocycles. The number of sulfone groups is 1. The average Bonchev–Trinajstić information content (AvgIpc) is 2.48. The summed E-state index contributed by atoms with van der Waals surface area (Å²) in [5, 5.41) is 18.8. The van der Waals surface area contributed by atoms with Crippen molar-refractivity contribution in [3.63, 3.8) is 0 Å². The zero-order valence-corrected chi connectivity index (χ0v) is 10.0. The van der Waals surface area contributed by atoms with Crippen molar-refractivity contribution in [2.24, 2.45) is 5.73 Å². The van der Waals surface area contributed by atoms with Crippen LogP contribution < -0.4 is 10.4 Å². The normalized spacial score (nSPS) is 13.5. The van der Waals surface area contributed by atoms with Crippen molar-refractivity contribution < 1.29 is 23.1 Å². The smallest absolute Gasteiger partial charge is 0.497 e. The van der Waals surface area contributed by atoms with Gasteiger partial charge in [-0.2, -0.15) is 0 Å². The summed E-state index contributed by atoms with van der Waals surface area (Å²) >= 11 is 1.09. The molecule has 1 aromatic rings. The first-order valence-corrected chi connectivity index (χ1v) is 7.13. The van der Waals surface area contributed by atoms with Crippen LogP contribution in [0.1, 0.15) is 11.0 Å². The van der Waals surface area contributed by atoms with E-state index in [0.29, 0.717) is 5.01 Å². The molecule has 1 atom stereocenters. The highest BCUT2D eigenvalue weighted by Gasteiger charge is 2.19. The summed E-state index contributed by atoms with van der Waals surface area (Å²) in [4.78, 5) is 3.82. The summed E-state index contributed by atoms with van der Waals surface area (Å²) in [6.45, 7) is 0. The molecule has 0 fully saturated rings. The van der Waals surface area contributed by atoms with E-state index in [9.17, 15) is 8.42 Å². The molecule has 0 aliphatic heterocycles. The van der Waals surface area contributed by atoms with Crippen LogP contribution in [0, 0.1) is 0 Å². The summed E-state index contributed by atoms with van der Waals surface area (Å²) < 4.78 is 26.5. The summed E-state index contributed by atoms with van der Waals surface area (Å²) in [7, 11) is -5.14. The van der Waals surface area contributed by atoms with E-state index in [4.69, 9.17) is 15.8 Å². The highest BCUT2D eigenvalue weighted by molar-refractivity contribution is 7.90. The highest BCUT2D eigenvalue weighted by Crippen LogP contribution is 2.22. The van der Waals surface area contributed by atoms with Crippen molar-refractivity contribution in [1.29, 1.82) is 0 Å². The van der Waals surface area contributed by atoms with Crippen LogP contribution in [0.3, 0.4) is 0 Å². The van der Waals surface area contributed by atoms with Crippen LogP contribution in [0.15, 0.2) is 5.38 Å². The zero-order valence-electron chi connectivity index (χ0n) is 8.40. The Morgan fingerprint density at radius 2 is 2.31 bits per heavy atom. The van der Waals surface area contributed by atoms with Crippen LogP contribution in [0.2, 0.25) is 0 Å². The molecule has 0 spiro atoms. The van der Waals surface area contributed by atoms with Crippen molar-refractivity contribution in [3.8, 4) is 5.88 Å². The van der Waals surface area contributed by atoms with Crippen LogP contribution in [0.4, 0.5) is 0 Å². The molecule has 0 saturated carbocycles. The predicted octanol–water partition coefficient (Wildman–Crippen LogP) is -1.46. The second kappa shape index (κ2) is 5.10. The molecule has 0 aliphatic rings. The second-order valence-electron chi connectivity index (χ2n) is 3.17. The van der Waals surface area contributed by atoms with Gasteiger partial charge in [0.25, 0.3) is 0 Å². The lowest BCUT2D eigenvalue weighted by Gasteiger charge is -2.05. The third kappa shape index (κ3) is 4.45. The Morgan fingerprint density at radius 1 is 1.69 bits per heavy atom. The topological polar surface area (TPSA) is 123 Å². The molecule has 0 radical (unpaired) electrons. The molecule has 0 bridgehead atoms. The molecule has 7 nitrogen and oxygen atoms in total. The maximum Gasteiger partial charge on any atom is 0.708 e. The van der Waals surface area contributed by atoms with Gasteiger partial charge in [0.2, 0.25) is 5.88 Å². The number of hydrogen-bond donors (Lipinski definition) is 3. The summed E-state index contributed by atoms with van der Waals surface area (Å²) in [6.07, 6.45) is 1.08. The zero-order chi connectivity index (χ0) is 12.3. The number of nitrogens with zero attached hydrogens (tertiary/aromatic N) is 1. The van der Waals surface area contributed by atoms with Gasteiger partial charge in [-0.1, -0.05) is 0 Å². The monoisotopic (exact) mass is 266 g/mol. The van der Waals surface area contributed by atoms with Gasteiger partial charge in [-0.25, -0.2) is 13.4 Å². The first-order valence-electron chi connectivity index (χ1n) is 4.19. The number of thiazole rings is 1. The molecule has 0 saturated heterocycles. The van der Waals surface area contributed by atoms with Crippen LogP contribution in [0.5, 0.6) is 5.88 Å². The molecule has 1 heterocycles. The first-order chi connectivity index (χ1) is 7.28. The Bertz CT molecular complexity index is 446. The van der Waals surface area contributed by atoms with Crippen LogP contribution in [-0.2, 0) is 9.84 Å². The Morgan fingerprint density at radius 3 is 2.81 bits per heavy atom. The minimum atomic E-state index is -3.18. The molecule has 4 N–H and O–H groups in total. The molecule has 10 heteroatoms. The second-order valence-corrected chi connectivity index (χ2v) is 6.24. The molecule has 0 amide bonds. The van der Waals surface area contributed by atoms with Gasteiger partial charge in [-0.05, 0) is 0 Å². The van der Waals surface area contributed by atoms with Crippen molar-refractivity contribution in [2.75, 3.05) is 12.0 Å².